The Kier molecular flexibility index (Phi) is 7.94. The fourth-order valence-corrected chi connectivity index (χ4v) is 3.30. The molecular weight excluding hydrogens is 446 g/mol. The van der Waals surface area contributed by atoms with Crippen LogP contribution in [0.2, 0.25) is 0 Å². The first-order chi connectivity index (χ1) is 13.2. The van der Waals surface area contributed by atoms with E-state index in [1.807, 2.05) is 26.8 Å². The van der Waals surface area contributed by atoms with E-state index in [2.05, 4.69) is 26.6 Å². The number of aryl methyl sites for hydroxylation is 1. The van der Waals surface area contributed by atoms with E-state index in [0.29, 0.717) is 18.7 Å². The van der Waals surface area contributed by atoms with Gasteiger partial charge < -0.3 is 15.0 Å². The average molecular weight is 470 g/mol. The van der Waals surface area contributed by atoms with Crippen molar-refractivity contribution in [2.45, 2.75) is 33.2 Å². The molecule has 0 aliphatic carbocycles. The van der Waals surface area contributed by atoms with Crippen molar-refractivity contribution in [3.05, 3.63) is 33.8 Å². The van der Waals surface area contributed by atoms with E-state index in [1.165, 1.54) is 0 Å². The minimum Gasteiger partial charge on any atom is -0.465 e. The number of rotatable bonds is 5. The summed E-state index contributed by atoms with van der Waals surface area (Å²) in [4.78, 5) is 38.4. The lowest BCUT2D eigenvalue weighted by Crippen LogP contribution is -2.60. The molecule has 152 valence electrons. The van der Waals surface area contributed by atoms with Gasteiger partial charge in [-0.05, 0) is 42.8 Å². The first kappa shape index (κ1) is 22.3. The van der Waals surface area contributed by atoms with E-state index in [9.17, 15) is 14.4 Å². The maximum atomic E-state index is 12.5. The van der Waals surface area contributed by atoms with Gasteiger partial charge in [0.25, 0.3) is 5.91 Å². The third-order valence-corrected chi connectivity index (χ3v) is 5.37. The van der Waals surface area contributed by atoms with E-state index in [1.54, 1.807) is 17.0 Å². The predicted molar refractivity (Wildman–Crippen MR) is 113 cm³/mol. The average Bonchev–Trinajstić information content (AvgIpc) is 2.63. The molecule has 0 saturated carbocycles. The zero-order chi connectivity index (χ0) is 20.8. The lowest BCUT2D eigenvalue weighted by molar-refractivity contribution is -0.148. The molecule has 7 nitrogen and oxygen atoms in total. The number of halogens is 1. The van der Waals surface area contributed by atoms with Gasteiger partial charge in [0.15, 0.2) is 5.11 Å². The zero-order valence-corrected chi connectivity index (χ0v) is 18.5. The van der Waals surface area contributed by atoms with E-state index in [0.717, 1.165) is 10.0 Å². The number of thiocarbonyl (C=S) groups is 1. The molecule has 1 aliphatic rings. The number of nitrogens with one attached hydrogen (secondary N) is 2. The highest BCUT2D eigenvalue weighted by Gasteiger charge is 2.34. The van der Waals surface area contributed by atoms with Crippen LogP contribution in [0.3, 0.4) is 0 Å². The van der Waals surface area contributed by atoms with Crippen LogP contribution in [0.15, 0.2) is 22.7 Å². The molecule has 0 spiro atoms. The van der Waals surface area contributed by atoms with E-state index < -0.39 is 12.0 Å². The lowest BCUT2D eigenvalue weighted by atomic mass is 10.1. The second-order valence-electron chi connectivity index (χ2n) is 7.00. The summed E-state index contributed by atoms with van der Waals surface area (Å²) < 4.78 is 5.99. The van der Waals surface area contributed by atoms with E-state index in [-0.39, 0.29) is 35.9 Å². The molecule has 28 heavy (non-hydrogen) atoms. The summed E-state index contributed by atoms with van der Waals surface area (Å²) in [5, 5.41) is 5.48. The third kappa shape index (κ3) is 6.00. The minimum atomic E-state index is -0.814. The molecule has 1 aromatic rings. The summed E-state index contributed by atoms with van der Waals surface area (Å²) >= 11 is 8.75. The predicted octanol–water partition coefficient (Wildman–Crippen LogP) is 2.16. The molecule has 2 rings (SSSR count). The van der Waals surface area contributed by atoms with Crippen LogP contribution >= 0.6 is 28.1 Å². The summed E-state index contributed by atoms with van der Waals surface area (Å²) in [7, 11) is 0. The van der Waals surface area contributed by atoms with Gasteiger partial charge in [-0.15, -0.1) is 0 Å². The molecule has 1 fully saturated rings. The van der Waals surface area contributed by atoms with Gasteiger partial charge in [-0.3, -0.25) is 19.7 Å². The summed E-state index contributed by atoms with van der Waals surface area (Å²) in [6.45, 7) is 6.84. The summed E-state index contributed by atoms with van der Waals surface area (Å²) in [6.07, 6.45) is -0.134. The molecule has 0 bridgehead atoms. The standard InChI is InChI=1S/C19H24BrN3O4S/c1-11(2)10-27-16(24)9-15-18(26)21-6-7-23(15)19(28)22-17(25)13-5-4-12(3)14(20)8-13/h4-5,8,11,15H,6-7,9-10H2,1-3H3,(H,21,26)(H,22,25,28). The number of amides is 2. The monoisotopic (exact) mass is 469 g/mol. The SMILES string of the molecule is Cc1ccc(C(=O)NC(=S)N2CCNC(=O)C2CC(=O)OCC(C)C)cc1Br. The number of carbonyl (C=O) groups is 3. The molecule has 1 heterocycles. The highest BCUT2D eigenvalue weighted by atomic mass is 79.9. The van der Waals surface area contributed by atoms with Crippen LogP contribution in [0, 0.1) is 12.8 Å². The van der Waals surface area contributed by atoms with Crippen molar-refractivity contribution in [2.24, 2.45) is 5.92 Å². The Morgan fingerprint density at radius 1 is 1.43 bits per heavy atom. The van der Waals surface area contributed by atoms with Gasteiger partial charge in [-0.25, -0.2) is 0 Å². The first-order valence-corrected chi connectivity index (χ1v) is 10.2. The fourth-order valence-electron chi connectivity index (χ4n) is 2.61. The number of esters is 1. The van der Waals surface area contributed by atoms with Crippen molar-refractivity contribution in [1.29, 1.82) is 0 Å². The highest BCUT2D eigenvalue weighted by molar-refractivity contribution is 9.10. The smallest absolute Gasteiger partial charge is 0.308 e. The van der Waals surface area contributed by atoms with Crippen LogP contribution in [0.4, 0.5) is 0 Å². The number of hydrogen-bond donors (Lipinski definition) is 2. The molecule has 1 saturated heterocycles. The fraction of sp³-hybridized carbons (Fsp3) is 0.474. The van der Waals surface area contributed by atoms with Crippen molar-refractivity contribution in [3.8, 4) is 0 Å². The van der Waals surface area contributed by atoms with Gasteiger partial charge >= 0.3 is 5.97 Å². The molecule has 2 amide bonds. The Bertz CT molecular complexity index is 784. The Morgan fingerprint density at radius 2 is 2.14 bits per heavy atom. The maximum absolute atomic E-state index is 12.5. The molecular formula is C19H24BrN3O4S. The molecule has 0 radical (unpaired) electrons. The molecule has 1 aromatic carbocycles. The second kappa shape index (κ2) is 9.97. The highest BCUT2D eigenvalue weighted by Crippen LogP contribution is 2.18. The quantitative estimate of drug-likeness (QED) is 0.507. The second-order valence-corrected chi connectivity index (χ2v) is 8.25. The van der Waals surface area contributed by atoms with Gasteiger partial charge in [-0.1, -0.05) is 35.8 Å². The Hall–Kier alpha value is -2.00. The summed E-state index contributed by atoms with van der Waals surface area (Å²) in [5.41, 5.74) is 1.45. The van der Waals surface area contributed by atoms with Gasteiger partial charge in [0.05, 0.1) is 13.0 Å². The maximum Gasteiger partial charge on any atom is 0.308 e. The molecule has 9 heteroatoms. The van der Waals surface area contributed by atoms with Crippen LogP contribution in [-0.2, 0) is 14.3 Å². The molecule has 2 N–H and O–H groups in total. The molecule has 1 unspecified atom stereocenters. The van der Waals surface area contributed by atoms with Crippen LogP contribution < -0.4 is 10.6 Å². The van der Waals surface area contributed by atoms with Crippen LogP contribution in [0.25, 0.3) is 0 Å². The first-order valence-electron chi connectivity index (χ1n) is 9.00. The van der Waals surface area contributed by atoms with Gasteiger partial charge in [0.2, 0.25) is 5.91 Å². The number of carbonyl (C=O) groups excluding carboxylic acids is 3. The number of hydrogen-bond acceptors (Lipinski definition) is 5. The van der Waals surface area contributed by atoms with E-state index >= 15 is 0 Å². The number of benzene rings is 1. The van der Waals surface area contributed by atoms with Crippen LogP contribution in [0.5, 0.6) is 0 Å². The Morgan fingerprint density at radius 3 is 2.79 bits per heavy atom. The normalized spacial score (nSPS) is 16.5. The number of nitrogens with zero attached hydrogens (tertiary/aromatic N) is 1. The van der Waals surface area contributed by atoms with Crippen LogP contribution in [0.1, 0.15) is 36.2 Å². The topological polar surface area (TPSA) is 87.7 Å². The number of piperazine rings is 1. The summed E-state index contributed by atoms with van der Waals surface area (Å²) in [5.74, 6) is -0.966. The van der Waals surface area contributed by atoms with Gasteiger partial charge in [-0.2, -0.15) is 0 Å². The van der Waals surface area contributed by atoms with Crippen molar-refractivity contribution >= 4 is 51.0 Å². The third-order valence-electron chi connectivity index (χ3n) is 4.18. The largest absolute Gasteiger partial charge is 0.465 e. The lowest BCUT2D eigenvalue weighted by Gasteiger charge is -2.36. The zero-order valence-electron chi connectivity index (χ0n) is 16.1. The van der Waals surface area contributed by atoms with E-state index in [4.69, 9.17) is 17.0 Å². The molecule has 1 aliphatic heterocycles. The summed E-state index contributed by atoms with van der Waals surface area (Å²) in [6, 6.07) is 4.41. The minimum absolute atomic E-state index is 0.109. The number of ether oxygens (including phenoxy) is 1. The van der Waals surface area contributed by atoms with Gasteiger partial charge in [0.1, 0.15) is 6.04 Å². The van der Waals surface area contributed by atoms with Crippen LogP contribution in [-0.4, -0.2) is 53.5 Å². The van der Waals surface area contributed by atoms with Gasteiger partial charge in [0, 0.05) is 23.1 Å². The Balaban J connectivity index is 2.05. The van der Waals surface area contributed by atoms with Crippen molar-refractivity contribution < 1.29 is 19.1 Å². The van der Waals surface area contributed by atoms with Crippen molar-refractivity contribution in [3.63, 3.8) is 0 Å². The van der Waals surface area contributed by atoms with Crippen molar-refractivity contribution in [2.75, 3.05) is 19.7 Å². The Labute approximate surface area is 178 Å². The molecule has 1 atom stereocenters. The van der Waals surface area contributed by atoms with Crippen molar-refractivity contribution in [1.82, 2.24) is 15.5 Å². The molecule has 0 aromatic heterocycles.